The molecule has 2 nitrogen and oxygen atoms in total. The van der Waals surface area contributed by atoms with Gasteiger partial charge in [-0.2, -0.15) is 0 Å². The van der Waals surface area contributed by atoms with E-state index in [4.69, 9.17) is 4.74 Å². The average Bonchev–Trinajstić information content (AvgIpc) is 3.07. The Morgan fingerprint density at radius 2 is 1.76 bits per heavy atom. The maximum Gasteiger partial charge on any atom is 0.348 e. The van der Waals surface area contributed by atoms with Crippen LogP contribution in [0.1, 0.15) is 15.2 Å². The zero-order valence-corrected chi connectivity index (χ0v) is 17.1. The maximum atomic E-state index is 12.3. The molecule has 0 bridgehead atoms. The highest BCUT2D eigenvalue weighted by Crippen LogP contribution is 2.44. The Hall–Kier alpha value is -1.56. The normalized spacial score (nSPS) is 10.7. The third kappa shape index (κ3) is 3.68. The molecule has 0 amide bonds. The molecule has 25 heavy (non-hydrogen) atoms. The van der Waals surface area contributed by atoms with Crippen LogP contribution in [0.25, 0.3) is 21.6 Å². The monoisotopic (exact) mass is 432 g/mol. The largest absolute Gasteiger partial charge is 0.465 e. The molecule has 0 aliphatic carbocycles. The third-order valence-electron chi connectivity index (χ3n) is 3.93. The molecule has 0 aliphatic rings. The summed E-state index contributed by atoms with van der Waals surface area (Å²) < 4.78 is 5.00. The second kappa shape index (κ2) is 8.21. The summed E-state index contributed by atoms with van der Waals surface area (Å²) in [5, 5.41) is 0.598. The van der Waals surface area contributed by atoms with Crippen molar-refractivity contribution in [1.29, 1.82) is 0 Å². The van der Waals surface area contributed by atoms with Crippen LogP contribution < -0.4 is 0 Å². The number of benzene rings is 2. The topological polar surface area (TPSA) is 26.3 Å². The lowest BCUT2D eigenvalue weighted by atomic mass is 9.98. The van der Waals surface area contributed by atoms with Crippen molar-refractivity contribution in [3.8, 4) is 21.6 Å². The molecule has 0 saturated carbocycles. The molecule has 0 aliphatic heterocycles. The lowest BCUT2D eigenvalue weighted by Crippen LogP contribution is -2.01. The summed E-state index contributed by atoms with van der Waals surface area (Å²) in [6, 6.07) is 18.6. The van der Waals surface area contributed by atoms with Crippen LogP contribution in [0.15, 0.2) is 59.5 Å². The van der Waals surface area contributed by atoms with Gasteiger partial charge in [0.15, 0.2) is 0 Å². The molecule has 1 aromatic heterocycles. The Labute approximate surface area is 164 Å². The summed E-state index contributed by atoms with van der Waals surface area (Å²) in [6.07, 6.45) is 2.06. The van der Waals surface area contributed by atoms with Crippen LogP contribution in [0.5, 0.6) is 0 Å². The molecular weight excluding hydrogens is 416 g/mol. The smallest absolute Gasteiger partial charge is 0.348 e. The Morgan fingerprint density at radius 1 is 1.08 bits per heavy atom. The van der Waals surface area contributed by atoms with Gasteiger partial charge in [0, 0.05) is 20.7 Å². The maximum absolute atomic E-state index is 12.3. The van der Waals surface area contributed by atoms with Crippen LogP contribution in [-0.4, -0.2) is 19.3 Å². The second-order valence-electron chi connectivity index (χ2n) is 5.33. The summed E-state index contributed by atoms with van der Waals surface area (Å²) >= 11 is 6.77. The molecule has 3 rings (SSSR count). The quantitative estimate of drug-likeness (QED) is 0.262. The second-order valence-corrected chi connectivity index (χ2v) is 7.79. The van der Waals surface area contributed by atoms with Crippen LogP contribution in [0.4, 0.5) is 0 Å². The molecule has 0 N–H and O–H groups in total. The first-order chi connectivity index (χ1) is 12.2. The predicted molar refractivity (Wildman–Crippen MR) is 111 cm³/mol. The number of alkyl halides is 1. The van der Waals surface area contributed by atoms with Crippen molar-refractivity contribution in [2.75, 3.05) is 13.4 Å². The van der Waals surface area contributed by atoms with E-state index < -0.39 is 0 Å². The Kier molecular flexibility index (Phi) is 5.99. The van der Waals surface area contributed by atoms with Gasteiger partial charge in [0.2, 0.25) is 0 Å². The predicted octanol–water partition coefficient (Wildman–Crippen LogP) is 6.49. The Bertz CT molecular complexity index is 871. The first-order valence-corrected chi connectivity index (χ1v) is 10.9. The number of hydrogen-bond acceptors (Lipinski definition) is 4. The number of carbonyl (C=O) groups is 1. The molecule has 0 fully saturated rings. The lowest BCUT2D eigenvalue weighted by Gasteiger charge is -2.08. The van der Waals surface area contributed by atoms with Crippen LogP contribution in [0.3, 0.4) is 0 Å². The van der Waals surface area contributed by atoms with Gasteiger partial charge in [-0.05, 0) is 35.1 Å². The third-order valence-corrected chi connectivity index (χ3v) is 6.49. The van der Waals surface area contributed by atoms with E-state index in [-0.39, 0.29) is 5.97 Å². The zero-order valence-electron chi connectivity index (χ0n) is 13.9. The van der Waals surface area contributed by atoms with Gasteiger partial charge in [0.25, 0.3) is 0 Å². The van der Waals surface area contributed by atoms with Crippen molar-refractivity contribution in [2.24, 2.45) is 0 Å². The molecule has 0 spiro atoms. The molecular formula is C20H17BrO2S2. The molecule has 1 heterocycles. The van der Waals surface area contributed by atoms with E-state index in [2.05, 4.69) is 58.6 Å². The number of carbonyl (C=O) groups excluding carboxylic acids is 1. The van der Waals surface area contributed by atoms with Gasteiger partial charge in [0.1, 0.15) is 4.88 Å². The fourth-order valence-electron chi connectivity index (χ4n) is 2.71. The van der Waals surface area contributed by atoms with Crippen LogP contribution in [0, 0.1) is 0 Å². The van der Waals surface area contributed by atoms with Gasteiger partial charge in [-0.25, -0.2) is 4.79 Å². The van der Waals surface area contributed by atoms with Crippen LogP contribution in [-0.2, 0) is 10.1 Å². The van der Waals surface area contributed by atoms with Crippen molar-refractivity contribution < 1.29 is 9.53 Å². The summed E-state index contributed by atoms with van der Waals surface area (Å²) in [4.78, 5) is 15.2. The number of thioether (sulfide) groups is 1. The number of esters is 1. The van der Waals surface area contributed by atoms with Crippen molar-refractivity contribution in [3.05, 3.63) is 65.0 Å². The number of methoxy groups -OCH3 is 1. The highest BCUT2D eigenvalue weighted by atomic mass is 79.9. The van der Waals surface area contributed by atoms with Gasteiger partial charge in [0.05, 0.1) is 7.11 Å². The summed E-state index contributed by atoms with van der Waals surface area (Å²) in [5.41, 5.74) is 4.29. The number of thiophene rings is 1. The Morgan fingerprint density at radius 3 is 2.32 bits per heavy atom. The van der Waals surface area contributed by atoms with Crippen LogP contribution in [0.2, 0.25) is 0 Å². The summed E-state index contributed by atoms with van der Waals surface area (Å²) in [5.74, 6) is -0.288. The fraction of sp³-hybridized carbons (Fsp3) is 0.150. The first-order valence-electron chi connectivity index (χ1n) is 7.69. The van der Waals surface area contributed by atoms with Crippen molar-refractivity contribution >= 4 is 45.0 Å². The van der Waals surface area contributed by atoms with Crippen LogP contribution >= 0.6 is 39.0 Å². The average molecular weight is 433 g/mol. The molecule has 128 valence electrons. The molecule has 0 atom stereocenters. The first kappa shape index (κ1) is 18.2. The van der Waals surface area contributed by atoms with E-state index >= 15 is 0 Å². The summed E-state index contributed by atoms with van der Waals surface area (Å²) in [7, 11) is 1.43. The van der Waals surface area contributed by atoms with E-state index in [1.807, 2.05) is 18.2 Å². The van der Waals surface area contributed by atoms with Gasteiger partial charge < -0.3 is 4.74 Å². The zero-order chi connectivity index (χ0) is 17.8. The van der Waals surface area contributed by atoms with Crippen molar-refractivity contribution in [1.82, 2.24) is 0 Å². The summed E-state index contributed by atoms with van der Waals surface area (Å²) in [6.45, 7) is 0. The van der Waals surface area contributed by atoms with Crippen molar-refractivity contribution in [3.63, 3.8) is 0 Å². The van der Waals surface area contributed by atoms with Gasteiger partial charge in [-0.3, -0.25) is 0 Å². The Balaban J connectivity index is 2.26. The number of halogens is 1. The minimum Gasteiger partial charge on any atom is -0.465 e. The van der Waals surface area contributed by atoms with E-state index in [1.165, 1.54) is 23.3 Å². The molecule has 5 heteroatoms. The number of hydrogen-bond donors (Lipinski definition) is 0. The number of ether oxygens (including phenoxy) is 1. The highest BCUT2D eigenvalue weighted by Gasteiger charge is 2.24. The molecule has 3 aromatic rings. The minimum absolute atomic E-state index is 0.288. The van der Waals surface area contributed by atoms with E-state index in [0.717, 1.165) is 27.1 Å². The van der Waals surface area contributed by atoms with E-state index in [9.17, 15) is 4.79 Å². The fourth-order valence-corrected chi connectivity index (χ4v) is 5.13. The van der Waals surface area contributed by atoms with E-state index in [0.29, 0.717) is 10.2 Å². The van der Waals surface area contributed by atoms with Gasteiger partial charge in [-0.1, -0.05) is 58.4 Å². The lowest BCUT2D eigenvalue weighted by molar-refractivity contribution is 0.0605. The molecule has 0 saturated heterocycles. The van der Waals surface area contributed by atoms with Crippen molar-refractivity contribution in [2.45, 2.75) is 10.2 Å². The highest BCUT2D eigenvalue weighted by molar-refractivity contribution is 9.08. The minimum atomic E-state index is -0.288. The van der Waals surface area contributed by atoms with E-state index in [1.54, 1.807) is 11.8 Å². The SMILES string of the molecule is COC(=O)c1sc(-c2ccccc2)c(-c2ccc(SC)cc2)c1CBr. The standard InChI is InChI=1S/C20H17BrO2S2/c1-23-20(22)19-16(12-21)17(13-8-10-15(24-2)11-9-13)18(25-19)14-6-4-3-5-7-14/h3-11H,12H2,1-2H3. The molecule has 0 unspecified atom stereocenters. The van der Waals surface area contributed by atoms with Gasteiger partial charge >= 0.3 is 5.97 Å². The van der Waals surface area contributed by atoms with Gasteiger partial charge in [-0.15, -0.1) is 23.1 Å². The number of rotatable bonds is 5. The molecule has 2 aromatic carbocycles. The molecule has 0 radical (unpaired) electrons.